The van der Waals surface area contributed by atoms with Gasteiger partial charge in [-0.3, -0.25) is 4.79 Å². The first kappa shape index (κ1) is 19.9. The van der Waals surface area contributed by atoms with E-state index in [0.29, 0.717) is 5.56 Å². The van der Waals surface area contributed by atoms with Gasteiger partial charge in [-0.05, 0) is 47.4 Å². The summed E-state index contributed by atoms with van der Waals surface area (Å²) in [5, 5.41) is 4.94. The van der Waals surface area contributed by atoms with Gasteiger partial charge in [-0.1, -0.05) is 67.2 Å². The molecule has 2 N–H and O–H groups in total. The molecule has 0 spiro atoms. The van der Waals surface area contributed by atoms with Crippen LogP contribution in [0.1, 0.15) is 34.0 Å². The van der Waals surface area contributed by atoms with Gasteiger partial charge in [0, 0.05) is 11.3 Å². The second kappa shape index (κ2) is 9.41. The van der Waals surface area contributed by atoms with Crippen molar-refractivity contribution >= 4 is 34.9 Å². The zero-order valence-electron chi connectivity index (χ0n) is 16.6. The number of rotatable bonds is 7. The minimum atomic E-state index is -0.229. The molecule has 0 radical (unpaired) electrons. The molecule has 30 heavy (non-hydrogen) atoms. The number of nitrogens with zero attached hydrogens (tertiary/aromatic N) is 2. The maximum Gasteiger partial charge on any atom is 0.271 e. The van der Waals surface area contributed by atoms with E-state index in [0.717, 1.165) is 39.5 Å². The van der Waals surface area contributed by atoms with Crippen molar-refractivity contribution in [1.82, 2.24) is 15.4 Å². The number of carbonyl (C=O) groups is 1. The topological polar surface area (TPSA) is 70.1 Å². The molecule has 0 aliphatic carbocycles. The fraction of sp³-hybridized carbons (Fsp3) is 0.125. The van der Waals surface area contributed by atoms with E-state index in [4.69, 9.17) is 0 Å². The van der Waals surface area contributed by atoms with E-state index in [9.17, 15) is 4.79 Å². The number of thioether (sulfide) groups is 1. The number of imidazole rings is 1. The van der Waals surface area contributed by atoms with Crippen LogP contribution in [0, 0.1) is 0 Å². The van der Waals surface area contributed by atoms with Crippen LogP contribution in [0.2, 0.25) is 0 Å². The third kappa shape index (κ3) is 4.96. The quantitative estimate of drug-likeness (QED) is 0.249. The Morgan fingerprint density at radius 3 is 2.50 bits per heavy atom. The Morgan fingerprint density at radius 2 is 1.77 bits per heavy atom. The van der Waals surface area contributed by atoms with Crippen LogP contribution >= 0.6 is 11.8 Å². The van der Waals surface area contributed by atoms with Gasteiger partial charge in [0.2, 0.25) is 0 Å². The van der Waals surface area contributed by atoms with Crippen LogP contribution in [0.15, 0.2) is 83.1 Å². The molecule has 0 saturated carbocycles. The molecule has 4 aromatic rings. The number of aryl methyl sites for hydroxylation is 1. The summed E-state index contributed by atoms with van der Waals surface area (Å²) in [7, 11) is 0. The molecule has 5 nitrogen and oxygen atoms in total. The van der Waals surface area contributed by atoms with Gasteiger partial charge in [-0.25, -0.2) is 10.4 Å². The fourth-order valence-electron chi connectivity index (χ4n) is 2.97. The summed E-state index contributed by atoms with van der Waals surface area (Å²) >= 11 is 1.64. The molecule has 1 heterocycles. The van der Waals surface area contributed by atoms with E-state index in [2.05, 4.69) is 39.6 Å². The first-order valence-corrected chi connectivity index (χ1v) is 10.8. The molecule has 3 aromatic carbocycles. The molecule has 0 fully saturated rings. The number of hydrazone groups is 1. The SMILES string of the molecule is CCc1ccc(C=NNC(=O)c2ccc(CSc3nc4ccccc4[nH]3)cc2)cc1. The Balaban J connectivity index is 1.30. The molecule has 1 aromatic heterocycles. The summed E-state index contributed by atoms with van der Waals surface area (Å²) in [4.78, 5) is 20.2. The summed E-state index contributed by atoms with van der Waals surface area (Å²) in [6.45, 7) is 2.12. The van der Waals surface area contributed by atoms with Gasteiger partial charge in [0.25, 0.3) is 5.91 Å². The van der Waals surface area contributed by atoms with Crippen molar-refractivity contribution in [2.24, 2.45) is 5.10 Å². The van der Waals surface area contributed by atoms with Gasteiger partial charge < -0.3 is 4.98 Å². The van der Waals surface area contributed by atoms with E-state index in [1.807, 2.05) is 60.7 Å². The number of aromatic nitrogens is 2. The first-order valence-electron chi connectivity index (χ1n) is 9.80. The van der Waals surface area contributed by atoms with E-state index in [-0.39, 0.29) is 5.91 Å². The van der Waals surface area contributed by atoms with Crippen molar-refractivity contribution in [3.05, 3.63) is 95.1 Å². The molecule has 0 atom stereocenters. The lowest BCUT2D eigenvalue weighted by molar-refractivity contribution is 0.0955. The van der Waals surface area contributed by atoms with Crippen molar-refractivity contribution in [1.29, 1.82) is 0 Å². The van der Waals surface area contributed by atoms with E-state index in [1.54, 1.807) is 18.0 Å². The number of aromatic amines is 1. The van der Waals surface area contributed by atoms with Crippen molar-refractivity contribution < 1.29 is 4.79 Å². The summed E-state index contributed by atoms with van der Waals surface area (Å²) in [6.07, 6.45) is 2.65. The molecule has 150 valence electrons. The Hall–Kier alpha value is -3.38. The van der Waals surface area contributed by atoms with Crippen LogP contribution in [-0.4, -0.2) is 22.1 Å². The number of para-hydroxylation sites is 2. The number of H-pyrrole nitrogens is 1. The fourth-order valence-corrected chi connectivity index (χ4v) is 3.81. The Morgan fingerprint density at radius 1 is 1.03 bits per heavy atom. The second-order valence-electron chi connectivity index (χ2n) is 6.84. The van der Waals surface area contributed by atoms with Crippen LogP contribution < -0.4 is 5.43 Å². The molecular formula is C24H22N4OS. The number of amides is 1. The van der Waals surface area contributed by atoms with Gasteiger partial charge in [0.1, 0.15) is 0 Å². The van der Waals surface area contributed by atoms with Gasteiger partial charge >= 0.3 is 0 Å². The maximum atomic E-state index is 12.3. The molecule has 0 bridgehead atoms. The molecule has 1 amide bonds. The predicted octanol–water partition coefficient (Wildman–Crippen LogP) is 5.18. The predicted molar refractivity (Wildman–Crippen MR) is 123 cm³/mol. The number of carbonyl (C=O) groups excluding carboxylic acids is 1. The molecular weight excluding hydrogens is 392 g/mol. The van der Waals surface area contributed by atoms with Crippen LogP contribution in [0.25, 0.3) is 11.0 Å². The Bertz CT molecular complexity index is 1130. The average Bonchev–Trinajstić information content (AvgIpc) is 3.21. The normalized spacial score (nSPS) is 11.2. The van der Waals surface area contributed by atoms with Crippen LogP contribution in [0.4, 0.5) is 0 Å². The average molecular weight is 415 g/mol. The third-order valence-corrected chi connectivity index (χ3v) is 5.67. The monoisotopic (exact) mass is 414 g/mol. The van der Waals surface area contributed by atoms with Gasteiger partial charge in [0.05, 0.1) is 17.2 Å². The lowest BCUT2D eigenvalue weighted by atomic mass is 10.1. The molecule has 0 unspecified atom stereocenters. The summed E-state index contributed by atoms with van der Waals surface area (Å²) in [6, 6.07) is 23.6. The first-order chi connectivity index (χ1) is 14.7. The van der Waals surface area contributed by atoms with E-state index < -0.39 is 0 Å². The van der Waals surface area contributed by atoms with Crippen molar-refractivity contribution in [2.75, 3.05) is 0 Å². The summed E-state index contributed by atoms with van der Waals surface area (Å²) < 4.78 is 0. The smallest absolute Gasteiger partial charge is 0.271 e. The van der Waals surface area contributed by atoms with Crippen molar-refractivity contribution in [2.45, 2.75) is 24.3 Å². The molecule has 4 rings (SSSR count). The largest absolute Gasteiger partial charge is 0.333 e. The van der Waals surface area contributed by atoms with Crippen LogP contribution in [-0.2, 0) is 12.2 Å². The van der Waals surface area contributed by atoms with Crippen LogP contribution in [0.3, 0.4) is 0 Å². The number of hydrogen-bond acceptors (Lipinski definition) is 4. The summed E-state index contributed by atoms with van der Waals surface area (Å²) in [5.41, 5.74) is 8.50. The zero-order chi connectivity index (χ0) is 20.8. The minimum absolute atomic E-state index is 0.229. The maximum absolute atomic E-state index is 12.3. The second-order valence-corrected chi connectivity index (χ2v) is 7.80. The highest BCUT2D eigenvalue weighted by Crippen LogP contribution is 2.23. The zero-order valence-corrected chi connectivity index (χ0v) is 17.4. The summed E-state index contributed by atoms with van der Waals surface area (Å²) in [5.74, 6) is 0.543. The Kier molecular flexibility index (Phi) is 6.25. The number of hydrogen-bond donors (Lipinski definition) is 2. The van der Waals surface area contributed by atoms with Crippen molar-refractivity contribution in [3.8, 4) is 0 Å². The Labute approximate surface area is 179 Å². The van der Waals surface area contributed by atoms with E-state index in [1.165, 1.54) is 5.56 Å². The molecule has 6 heteroatoms. The standard InChI is InChI=1S/C24H22N4OS/c1-2-17-7-9-18(10-8-17)15-25-28-23(29)20-13-11-19(12-14-20)16-30-24-26-21-5-3-4-6-22(21)27-24/h3-15H,2,16H2,1H3,(H,26,27)(H,28,29). The lowest BCUT2D eigenvalue weighted by Gasteiger charge is -2.03. The van der Waals surface area contributed by atoms with Gasteiger partial charge in [-0.2, -0.15) is 5.10 Å². The minimum Gasteiger partial charge on any atom is -0.333 e. The third-order valence-electron chi connectivity index (χ3n) is 4.73. The van der Waals surface area contributed by atoms with Gasteiger partial charge in [-0.15, -0.1) is 0 Å². The van der Waals surface area contributed by atoms with Crippen LogP contribution in [0.5, 0.6) is 0 Å². The van der Waals surface area contributed by atoms with E-state index >= 15 is 0 Å². The highest BCUT2D eigenvalue weighted by atomic mass is 32.2. The molecule has 0 saturated heterocycles. The number of nitrogens with one attached hydrogen (secondary N) is 2. The lowest BCUT2D eigenvalue weighted by Crippen LogP contribution is -2.17. The number of benzene rings is 3. The van der Waals surface area contributed by atoms with Crippen molar-refractivity contribution in [3.63, 3.8) is 0 Å². The highest BCUT2D eigenvalue weighted by molar-refractivity contribution is 7.98. The molecule has 0 aliphatic heterocycles. The van der Waals surface area contributed by atoms with Gasteiger partial charge in [0.15, 0.2) is 5.16 Å². The number of fused-ring (bicyclic) bond motifs is 1. The highest BCUT2D eigenvalue weighted by Gasteiger charge is 2.06. The molecule has 0 aliphatic rings.